The van der Waals surface area contributed by atoms with Crippen molar-refractivity contribution in [3.63, 3.8) is 0 Å². The summed E-state index contributed by atoms with van der Waals surface area (Å²) in [6.07, 6.45) is 27.5. The van der Waals surface area contributed by atoms with Gasteiger partial charge in [-0.2, -0.15) is 0 Å². The summed E-state index contributed by atoms with van der Waals surface area (Å²) in [5, 5.41) is 0. The van der Waals surface area contributed by atoms with Crippen molar-refractivity contribution in [2.45, 2.75) is 175 Å². The van der Waals surface area contributed by atoms with Gasteiger partial charge in [-0.15, -0.1) is 0 Å². The summed E-state index contributed by atoms with van der Waals surface area (Å²) in [5.74, 6) is -0.187. The number of nitrogens with zero attached hydrogens (tertiary/aromatic N) is 1. The molecule has 0 aliphatic carbocycles. The fraction of sp³-hybridized carbons (Fsp3) is 0.939. The SMILES string of the molecule is CCCCCCCCCCCCCCN(CCCCCCCCCCCC(=O)OC)CC(=O)OC(C)(C)C. The molecule has 5 nitrogen and oxygen atoms in total. The molecule has 0 rings (SSSR count). The second-order valence-corrected chi connectivity index (χ2v) is 12.3. The highest BCUT2D eigenvalue weighted by atomic mass is 16.6. The molecular weight excluding hydrogens is 474 g/mol. The van der Waals surface area contributed by atoms with Gasteiger partial charge in [0, 0.05) is 6.42 Å². The Labute approximate surface area is 237 Å². The lowest BCUT2D eigenvalue weighted by Crippen LogP contribution is -2.36. The van der Waals surface area contributed by atoms with Crippen LogP contribution in [-0.2, 0) is 19.1 Å². The van der Waals surface area contributed by atoms with Gasteiger partial charge in [0.15, 0.2) is 0 Å². The topological polar surface area (TPSA) is 55.8 Å². The minimum absolute atomic E-state index is 0.0930. The average Bonchev–Trinajstić information content (AvgIpc) is 2.86. The summed E-state index contributed by atoms with van der Waals surface area (Å²) < 4.78 is 10.3. The monoisotopic (exact) mass is 539 g/mol. The van der Waals surface area contributed by atoms with Crippen molar-refractivity contribution >= 4 is 11.9 Å². The lowest BCUT2D eigenvalue weighted by Gasteiger charge is -2.25. The Morgan fingerprint density at radius 1 is 0.553 bits per heavy atom. The van der Waals surface area contributed by atoms with Gasteiger partial charge in [-0.3, -0.25) is 14.5 Å². The van der Waals surface area contributed by atoms with Crippen molar-refractivity contribution in [3.05, 3.63) is 0 Å². The first kappa shape index (κ1) is 36.9. The summed E-state index contributed by atoms with van der Waals surface area (Å²) >= 11 is 0. The number of rotatable bonds is 27. The molecule has 0 fully saturated rings. The largest absolute Gasteiger partial charge is 0.469 e. The summed E-state index contributed by atoms with van der Waals surface area (Å²) in [6.45, 7) is 10.5. The second kappa shape index (κ2) is 26.1. The molecule has 0 bridgehead atoms. The van der Waals surface area contributed by atoms with E-state index < -0.39 is 5.60 Å². The first-order chi connectivity index (χ1) is 18.3. The molecule has 0 radical (unpaired) electrons. The molecule has 0 aromatic heterocycles. The van der Waals surface area contributed by atoms with Crippen LogP contribution < -0.4 is 0 Å². The molecule has 0 heterocycles. The van der Waals surface area contributed by atoms with Crippen LogP contribution in [0.15, 0.2) is 0 Å². The quantitative estimate of drug-likeness (QED) is 0.0768. The number of hydrogen-bond acceptors (Lipinski definition) is 5. The Morgan fingerprint density at radius 3 is 1.29 bits per heavy atom. The Hall–Kier alpha value is -1.10. The molecule has 5 heteroatoms. The third kappa shape index (κ3) is 27.9. The Kier molecular flexibility index (Phi) is 25.4. The van der Waals surface area contributed by atoms with E-state index in [1.165, 1.54) is 123 Å². The van der Waals surface area contributed by atoms with Crippen LogP contribution in [0.2, 0.25) is 0 Å². The van der Waals surface area contributed by atoms with Gasteiger partial charge in [-0.1, -0.05) is 122 Å². The number of carbonyl (C=O) groups excluding carboxylic acids is 2. The molecule has 0 aromatic carbocycles. The van der Waals surface area contributed by atoms with E-state index in [4.69, 9.17) is 4.74 Å². The maximum absolute atomic E-state index is 12.4. The predicted octanol–water partition coefficient (Wildman–Crippen LogP) is 9.41. The molecular formula is C33H65NO4. The third-order valence-electron chi connectivity index (χ3n) is 7.18. The zero-order valence-corrected chi connectivity index (χ0v) is 26.3. The molecule has 0 amide bonds. The van der Waals surface area contributed by atoms with Crippen molar-refractivity contribution in [2.24, 2.45) is 0 Å². The van der Waals surface area contributed by atoms with Crippen molar-refractivity contribution in [1.82, 2.24) is 4.90 Å². The summed E-state index contributed by atoms with van der Waals surface area (Å²) in [7, 11) is 1.46. The molecule has 0 saturated heterocycles. The van der Waals surface area contributed by atoms with Crippen molar-refractivity contribution in [1.29, 1.82) is 0 Å². The first-order valence-corrected chi connectivity index (χ1v) is 16.3. The number of hydrogen-bond donors (Lipinski definition) is 0. The summed E-state index contributed by atoms with van der Waals surface area (Å²) in [5.41, 5.74) is -0.419. The zero-order chi connectivity index (χ0) is 28.3. The van der Waals surface area contributed by atoms with E-state index in [1.807, 2.05) is 20.8 Å². The maximum atomic E-state index is 12.4. The fourth-order valence-electron chi connectivity index (χ4n) is 4.95. The molecule has 0 atom stereocenters. The van der Waals surface area contributed by atoms with Crippen molar-refractivity contribution < 1.29 is 19.1 Å². The molecule has 0 unspecified atom stereocenters. The molecule has 0 aliphatic heterocycles. The third-order valence-corrected chi connectivity index (χ3v) is 7.18. The summed E-state index contributed by atoms with van der Waals surface area (Å²) in [4.78, 5) is 25.9. The van der Waals surface area contributed by atoms with Crippen LogP contribution >= 0.6 is 0 Å². The number of carbonyl (C=O) groups is 2. The second-order valence-electron chi connectivity index (χ2n) is 12.3. The maximum Gasteiger partial charge on any atom is 0.320 e. The summed E-state index contributed by atoms with van der Waals surface area (Å²) in [6, 6.07) is 0. The Balaban J connectivity index is 3.95. The minimum atomic E-state index is -0.419. The van der Waals surface area contributed by atoms with Crippen LogP contribution in [0.25, 0.3) is 0 Å². The van der Waals surface area contributed by atoms with Gasteiger partial charge >= 0.3 is 11.9 Å². The highest BCUT2D eigenvalue weighted by molar-refractivity contribution is 5.72. The molecule has 0 aromatic rings. The minimum Gasteiger partial charge on any atom is -0.469 e. The van der Waals surface area contributed by atoms with Gasteiger partial charge in [0.05, 0.1) is 13.7 Å². The van der Waals surface area contributed by atoms with Crippen LogP contribution in [-0.4, -0.2) is 49.2 Å². The number of methoxy groups -OCH3 is 1. The van der Waals surface area contributed by atoms with Gasteiger partial charge < -0.3 is 9.47 Å². The van der Waals surface area contributed by atoms with Crippen LogP contribution in [0.4, 0.5) is 0 Å². The van der Waals surface area contributed by atoms with Gasteiger partial charge in [-0.25, -0.2) is 0 Å². The molecule has 0 spiro atoms. The van der Waals surface area contributed by atoms with Gasteiger partial charge in [0.2, 0.25) is 0 Å². The molecule has 0 aliphatic rings. The van der Waals surface area contributed by atoms with Crippen LogP contribution in [0.3, 0.4) is 0 Å². The van der Waals surface area contributed by atoms with E-state index in [-0.39, 0.29) is 11.9 Å². The highest BCUT2D eigenvalue weighted by Gasteiger charge is 2.18. The van der Waals surface area contributed by atoms with E-state index in [0.717, 1.165) is 32.4 Å². The van der Waals surface area contributed by atoms with Crippen molar-refractivity contribution in [2.75, 3.05) is 26.7 Å². The first-order valence-electron chi connectivity index (χ1n) is 16.3. The van der Waals surface area contributed by atoms with Crippen LogP contribution in [0, 0.1) is 0 Å². The fourth-order valence-corrected chi connectivity index (χ4v) is 4.95. The number of ether oxygens (including phenoxy) is 2. The van der Waals surface area contributed by atoms with E-state index in [9.17, 15) is 9.59 Å². The predicted molar refractivity (Wildman–Crippen MR) is 162 cm³/mol. The van der Waals surface area contributed by atoms with Gasteiger partial charge in [0.1, 0.15) is 5.60 Å². The zero-order valence-electron chi connectivity index (χ0n) is 26.3. The average molecular weight is 540 g/mol. The lowest BCUT2D eigenvalue weighted by atomic mass is 10.1. The lowest BCUT2D eigenvalue weighted by molar-refractivity contribution is -0.156. The van der Waals surface area contributed by atoms with Crippen molar-refractivity contribution in [3.8, 4) is 0 Å². The van der Waals surface area contributed by atoms with Gasteiger partial charge in [-0.05, 0) is 53.1 Å². The molecule has 38 heavy (non-hydrogen) atoms. The number of esters is 2. The Morgan fingerprint density at radius 2 is 0.921 bits per heavy atom. The van der Waals surface area contributed by atoms with E-state index in [2.05, 4.69) is 16.6 Å². The van der Waals surface area contributed by atoms with E-state index in [0.29, 0.717) is 13.0 Å². The van der Waals surface area contributed by atoms with Crippen LogP contribution in [0.1, 0.15) is 169 Å². The van der Waals surface area contributed by atoms with Crippen LogP contribution in [0.5, 0.6) is 0 Å². The highest BCUT2D eigenvalue weighted by Crippen LogP contribution is 2.14. The molecule has 226 valence electrons. The smallest absolute Gasteiger partial charge is 0.320 e. The molecule has 0 N–H and O–H groups in total. The standard InChI is InChI=1S/C33H65NO4/c1-6-7-8-9-10-11-12-13-16-19-22-25-28-34(30-32(36)38-33(2,3)4)29-26-23-20-17-14-15-18-21-24-27-31(35)37-5/h6-30H2,1-5H3. The Bertz CT molecular complexity index is 544. The van der Waals surface area contributed by atoms with E-state index in [1.54, 1.807) is 0 Å². The van der Waals surface area contributed by atoms with E-state index >= 15 is 0 Å². The van der Waals surface area contributed by atoms with Gasteiger partial charge in [0.25, 0.3) is 0 Å². The number of unbranched alkanes of at least 4 members (excludes halogenated alkanes) is 19. The molecule has 0 saturated carbocycles. The normalized spacial score (nSPS) is 11.7.